The molecule has 3 N–H and O–H groups in total. The minimum Gasteiger partial charge on any atom is -0.397 e. The van der Waals surface area contributed by atoms with Crippen LogP contribution in [0.25, 0.3) is 0 Å². The minimum absolute atomic E-state index is 0.0273. The number of anilines is 2. The molecule has 1 aromatic rings. The van der Waals surface area contributed by atoms with Gasteiger partial charge in [0.2, 0.25) is 0 Å². The lowest BCUT2D eigenvalue weighted by molar-refractivity contribution is -0.384. The summed E-state index contributed by atoms with van der Waals surface area (Å²) in [5, 5.41) is 13.9. The first kappa shape index (κ1) is 13.0. The van der Waals surface area contributed by atoms with Crippen molar-refractivity contribution in [3.05, 3.63) is 28.3 Å². The van der Waals surface area contributed by atoms with E-state index in [-0.39, 0.29) is 10.4 Å². The predicted octanol–water partition coefficient (Wildman–Crippen LogP) is 2.87. The van der Waals surface area contributed by atoms with Crippen LogP contribution in [0.15, 0.2) is 18.2 Å². The fourth-order valence-corrected chi connectivity index (χ4v) is 3.33. The molecule has 5 nitrogen and oxygen atoms in total. The van der Waals surface area contributed by atoms with Crippen LogP contribution in [-0.2, 0) is 0 Å². The topological polar surface area (TPSA) is 81.2 Å². The Labute approximate surface area is 110 Å². The third-order valence-corrected chi connectivity index (χ3v) is 4.74. The highest BCUT2D eigenvalue weighted by Gasteiger charge is 2.29. The van der Waals surface area contributed by atoms with Crippen molar-refractivity contribution in [2.45, 2.75) is 24.5 Å². The Morgan fingerprint density at radius 1 is 1.61 bits per heavy atom. The van der Waals surface area contributed by atoms with Crippen LogP contribution in [0.1, 0.15) is 19.8 Å². The zero-order valence-electron chi connectivity index (χ0n) is 10.3. The molecule has 0 amide bonds. The molecule has 1 aliphatic heterocycles. The Balaban J connectivity index is 2.03. The quantitative estimate of drug-likeness (QED) is 0.498. The molecule has 1 aliphatic rings. The number of non-ortho nitro benzene ring substituents is 1. The number of benzene rings is 1. The van der Waals surface area contributed by atoms with Crippen molar-refractivity contribution in [1.82, 2.24) is 0 Å². The average molecular weight is 267 g/mol. The normalized spacial score (nSPS) is 22.9. The summed E-state index contributed by atoms with van der Waals surface area (Å²) in [7, 11) is 0. The monoisotopic (exact) mass is 267 g/mol. The van der Waals surface area contributed by atoms with E-state index in [0.29, 0.717) is 5.69 Å². The molecule has 1 fully saturated rings. The third kappa shape index (κ3) is 2.87. The first-order chi connectivity index (χ1) is 8.50. The van der Waals surface area contributed by atoms with Gasteiger partial charge in [-0.05, 0) is 31.6 Å². The maximum absolute atomic E-state index is 10.6. The van der Waals surface area contributed by atoms with Crippen LogP contribution in [0.5, 0.6) is 0 Å². The second-order valence-corrected chi connectivity index (χ2v) is 6.47. The second-order valence-electron chi connectivity index (χ2n) is 4.78. The molecule has 2 rings (SSSR count). The fourth-order valence-electron chi connectivity index (χ4n) is 2.08. The van der Waals surface area contributed by atoms with Gasteiger partial charge in [0, 0.05) is 23.4 Å². The molecule has 0 spiro atoms. The van der Waals surface area contributed by atoms with E-state index in [1.807, 2.05) is 11.8 Å². The molecule has 0 aromatic heterocycles. The lowest BCUT2D eigenvalue weighted by Gasteiger charge is -2.24. The van der Waals surface area contributed by atoms with Crippen molar-refractivity contribution in [2.75, 3.05) is 23.3 Å². The number of nitrogens with two attached hydrogens (primary N) is 1. The third-order valence-electron chi connectivity index (χ3n) is 3.20. The van der Waals surface area contributed by atoms with Gasteiger partial charge in [0.25, 0.3) is 5.69 Å². The predicted molar refractivity (Wildman–Crippen MR) is 76.1 cm³/mol. The standard InChI is InChI=1S/C12H17N3O2S/c1-12(5-2-6-18-12)8-14-11-4-3-9(15(16)17)7-10(11)13/h3-4,7,14H,2,5-6,8,13H2,1H3. The Bertz CT molecular complexity index is 459. The molecule has 1 saturated heterocycles. The summed E-state index contributed by atoms with van der Waals surface area (Å²) in [6, 6.07) is 4.55. The van der Waals surface area contributed by atoms with Crippen molar-refractivity contribution in [3.8, 4) is 0 Å². The van der Waals surface area contributed by atoms with Gasteiger partial charge in [0.05, 0.1) is 16.3 Å². The van der Waals surface area contributed by atoms with Crippen molar-refractivity contribution >= 4 is 28.8 Å². The summed E-state index contributed by atoms with van der Waals surface area (Å²) in [6.45, 7) is 3.07. The molecule has 0 radical (unpaired) electrons. The fraction of sp³-hybridized carbons (Fsp3) is 0.500. The van der Waals surface area contributed by atoms with Crippen LogP contribution < -0.4 is 11.1 Å². The first-order valence-corrected chi connectivity index (χ1v) is 6.90. The summed E-state index contributed by atoms with van der Waals surface area (Å²) in [6.07, 6.45) is 2.44. The minimum atomic E-state index is -0.436. The van der Waals surface area contributed by atoms with Gasteiger partial charge in [0.1, 0.15) is 0 Å². The Morgan fingerprint density at radius 2 is 2.39 bits per heavy atom. The Kier molecular flexibility index (Phi) is 3.65. The highest BCUT2D eigenvalue weighted by molar-refractivity contribution is 8.00. The van der Waals surface area contributed by atoms with Crippen LogP contribution in [-0.4, -0.2) is 22.0 Å². The summed E-state index contributed by atoms with van der Waals surface area (Å²) >= 11 is 1.97. The summed E-state index contributed by atoms with van der Waals surface area (Å²) in [5.74, 6) is 1.20. The maximum Gasteiger partial charge on any atom is 0.271 e. The molecular formula is C12H17N3O2S. The van der Waals surface area contributed by atoms with Gasteiger partial charge in [0.15, 0.2) is 0 Å². The molecule has 1 aromatic carbocycles. The zero-order valence-corrected chi connectivity index (χ0v) is 11.1. The summed E-state index contributed by atoms with van der Waals surface area (Å²) in [4.78, 5) is 10.2. The van der Waals surface area contributed by atoms with E-state index in [9.17, 15) is 10.1 Å². The zero-order chi connectivity index (χ0) is 13.2. The summed E-state index contributed by atoms with van der Waals surface area (Å²) in [5.41, 5.74) is 7.04. The molecule has 18 heavy (non-hydrogen) atoms. The molecule has 1 atom stereocenters. The number of nitro benzene ring substituents is 1. The van der Waals surface area contributed by atoms with E-state index in [2.05, 4.69) is 12.2 Å². The van der Waals surface area contributed by atoms with Crippen molar-refractivity contribution in [1.29, 1.82) is 0 Å². The van der Waals surface area contributed by atoms with E-state index >= 15 is 0 Å². The molecule has 1 heterocycles. The van der Waals surface area contributed by atoms with E-state index in [4.69, 9.17) is 5.73 Å². The molecular weight excluding hydrogens is 250 g/mol. The molecule has 0 bridgehead atoms. The number of nitrogens with zero attached hydrogens (tertiary/aromatic N) is 1. The maximum atomic E-state index is 10.6. The Morgan fingerprint density at radius 3 is 2.94 bits per heavy atom. The van der Waals surface area contributed by atoms with Crippen molar-refractivity contribution in [2.24, 2.45) is 0 Å². The molecule has 0 aliphatic carbocycles. The number of nitrogen functional groups attached to an aromatic ring is 1. The number of hydrogen-bond donors (Lipinski definition) is 2. The highest BCUT2D eigenvalue weighted by atomic mass is 32.2. The van der Waals surface area contributed by atoms with E-state index < -0.39 is 4.92 Å². The van der Waals surface area contributed by atoms with Gasteiger partial charge < -0.3 is 11.1 Å². The SMILES string of the molecule is CC1(CNc2ccc([N+](=O)[O-])cc2N)CCCS1. The largest absolute Gasteiger partial charge is 0.397 e. The second kappa shape index (κ2) is 5.06. The van der Waals surface area contributed by atoms with Gasteiger partial charge >= 0.3 is 0 Å². The molecule has 0 saturated carbocycles. The van der Waals surface area contributed by atoms with Crippen LogP contribution in [0.4, 0.5) is 17.1 Å². The van der Waals surface area contributed by atoms with Gasteiger partial charge in [-0.3, -0.25) is 10.1 Å². The number of rotatable bonds is 4. The van der Waals surface area contributed by atoms with Crippen LogP contribution in [0.2, 0.25) is 0 Å². The van der Waals surface area contributed by atoms with Gasteiger partial charge in [-0.15, -0.1) is 0 Å². The number of nitrogens with one attached hydrogen (secondary N) is 1. The lowest BCUT2D eigenvalue weighted by Crippen LogP contribution is -2.27. The van der Waals surface area contributed by atoms with Crippen molar-refractivity contribution in [3.63, 3.8) is 0 Å². The van der Waals surface area contributed by atoms with Crippen LogP contribution in [0.3, 0.4) is 0 Å². The number of thioether (sulfide) groups is 1. The molecule has 98 valence electrons. The van der Waals surface area contributed by atoms with Crippen LogP contribution >= 0.6 is 11.8 Å². The van der Waals surface area contributed by atoms with Crippen LogP contribution in [0, 0.1) is 10.1 Å². The van der Waals surface area contributed by atoms with E-state index in [1.165, 1.54) is 30.7 Å². The van der Waals surface area contributed by atoms with Crippen molar-refractivity contribution < 1.29 is 4.92 Å². The summed E-state index contributed by atoms with van der Waals surface area (Å²) < 4.78 is 0.244. The van der Waals surface area contributed by atoms with Gasteiger partial charge in [-0.1, -0.05) is 0 Å². The highest BCUT2D eigenvalue weighted by Crippen LogP contribution is 2.38. The molecule has 6 heteroatoms. The van der Waals surface area contributed by atoms with E-state index in [1.54, 1.807) is 6.07 Å². The average Bonchev–Trinajstić information content (AvgIpc) is 2.75. The van der Waals surface area contributed by atoms with Gasteiger partial charge in [-0.25, -0.2) is 0 Å². The first-order valence-electron chi connectivity index (χ1n) is 5.92. The number of nitro groups is 1. The van der Waals surface area contributed by atoms with E-state index in [0.717, 1.165) is 12.2 Å². The van der Waals surface area contributed by atoms with Gasteiger partial charge in [-0.2, -0.15) is 11.8 Å². The number of hydrogen-bond acceptors (Lipinski definition) is 5. The molecule has 1 unspecified atom stereocenters. The smallest absolute Gasteiger partial charge is 0.271 e. The Hall–Kier alpha value is -1.43. The lowest BCUT2D eigenvalue weighted by atomic mass is 10.1.